The molecule has 0 N–H and O–H groups in total. The van der Waals surface area contributed by atoms with E-state index in [1.54, 1.807) is 6.92 Å². The van der Waals surface area contributed by atoms with Crippen LogP contribution >= 0.6 is 28.6 Å². The molecule has 0 aromatic rings. The van der Waals surface area contributed by atoms with Gasteiger partial charge < -0.3 is 4.74 Å². The molecule has 0 aliphatic carbocycles. The van der Waals surface area contributed by atoms with Gasteiger partial charge in [0.1, 0.15) is 0 Å². The first-order valence-electron chi connectivity index (χ1n) is 1.59. The molecule has 0 aliphatic rings. The van der Waals surface area contributed by atoms with Crippen molar-refractivity contribution in [1.82, 2.24) is 0 Å². The average molecular weight is 189 g/mol. The summed E-state index contributed by atoms with van der Waals surface area (Å²) in [4.78, 5) is 9.59. The third-order valence-corrected chi connectivity index (χ3v) is 0.367. The Hall–Kier alpha value is 0.240. The molecule has 4 heteroatoms. The lowest BCUT2D eigenvalue weighted by Crippen LogP contribution is -1.89. The lowest BCUT2D eigenvalue weighted by Gasteiger charge is -1.86. The molecule has 0 atom stereocenters. The van der Waals surface area contributed by atoms with Gasteiger partial charge in [-0.15, -0.1) is 17.0 Å². The molecular formula is C3H6BrClO2. The maximum Gasteiger partial charge on any atom is 0.403 e. The van der Waals surface area contributed by atoms with Gasteiger partial charge in [-0.1, -0.05) is 0 Å². The topological polar surface area (TPSA) is 26.3 Å². The number of halogens is 2. The van der Waals surface area contributed by atoms with Crippen molar-refractivity contribution in [3.63, 3.8) is 0 Å². The van der Waals surface area contributed by atoms with E-state index >= 15 is 0 Å². The van der Waals surface area contributed by atoms with E-state index in [2.05, 4.69) is 4.74 Å². The summed E-state index contributed by atoms with van der Waals surface area (Å²) in [6.45, 7) is 2.04. The maximum absolute atomic E-state index is 9.59. The first-order valence-corrected chi connectivity index (χ1v) is 1.97. The summed E-state index contributed by atoms with van der Waals surface area (Å²) in [7, 11) is 0. The number of hydrogen-bond acceptors (Lipinski definition) is 2. The van der Waals surface area contributed by atoms with Crippen molar-refractivity contribution in [3.05, 3.63) is 0 Å². The summed E-state index contributed by atoms with van der Waals surface area (Å²) in [6, 6.07) is 0. The zero-order chi connectivity index (χ0) is 4.99. The Morgan fingerprint density at radius 1 is 1.86 bits per heavy atom. The Kier molecular flexibility index (Phi) is 9.15. The molecule has 0 spiro atoms. The number of carbonyl (C=O) groups is 1. The molecule has 0 heterocycles. The second-order valence-electron chi connectivity index (χ2n) is 0.671. The molecular weight excluding hydrogens is 183 g/mol. The molecule has 0 radical (unpaired) electrons. The number of hydrogen-bond donors (Lipinski definition) is 0. The fraction of sp³-hybridized carbons (Fsp3) is 0.667. The number of ether oxygens (including phenoxy) is 1. The van der Waals surface area contributed by atoms with E-state index in [4.69, 9.17) is 11.6 Å². The van der Waals surface area contributed by atoms with Crippen molar-refractivity contribution in [2.24, 2.45) is 0 Å². The van der Waals surface area contributed by atoms with E-state index < -0.39 is 5.43 Å². The van der Waals surface area contributed by atoms with Crippen LogP contribution in [0, 0.1) is 0 Å². The van der Waals surface area contributed by atoms with Crippen molar-refractivity contribution >= 4 is 34.0 Å². The predicted molar refractivity (Wildman–Crippen MR) is 33.2 cm³/mol. The molecule has 0 aliphatic heterocycles. The van der Waals surface area contributed by atoms with Crippen LogP contribution in [-0.4, -0.2) is 12.0 Å². The van der Waals surface area contributed by atoms with Crippen LogP contribution in [0.3, 0.4) is 0 Å². The van der Waals surface area contributed by atoms with Gasteiger partial charge in [0, 0.05) is 11.6 Å². The van der Waals surface area contributed by atoms with Crippen LogP contribution in [-0.2, 0) is 4.74 Å². The van der Waals surface area contributed by atoms with Crippen LogP contribution in [0.5, 0.6) is 0 Å². The lowest BCUT2D eigenvalue weighted by molar-refractivity contribution is 0.180. The molecule has 0 bridgehead atoms. The highest BCUT2D eigenvalue weighted by Crippen LogP contribution is 1.82. The van der Waals surface area contributed by atoms with E-state index in [-0.39, 0.29) is 17.0 Å². The van der Waals surface area contributed by atoms with E-state index in [1.807, 2.05) is 0 Å². The van der Waals surface area contributed by atoms with Gasteiger partial charge in [-0.2, -0.15) is 0 Å². The molecule has 0 saturated heterocycles. The molecule has 0 saturated carbocycles. The summed E-state index contributed by atoms with van der Waals surface area (Å²) in [5, 5.41) is 0. The molecule has 44 valence electrons. The summed E-state index contributed by atoms with van der Waals surface area (Å²) in [6.07, 6.45) is 0. The number of rotatable bonds is 1. The Balaban J connectivity index is 0. The highest BCUT2D eigenvalue weighted by atomic mass is 79.9. The van der Waals surface area contributed by atoms with Crippen LogP contribution in [0.4, 0.5) is 4.79 Å². The van der Waals surface area contributed by atoms with Crippen LogP contribution in [0.1, 0.15) is 6.92 Å². The molecule has 0 aromatic heterocycles. The zero-order valence-corrected chi connectivity index (χ0v) is 6.28. The largest absolute Gasteiger partial charge is 0.454 e. The molecule has 0 aromatic carbocycles. The van der Waals surface area contributed by atoms with E-state index in [0.717, 1.165) is 0 Å². The zero-order valence-electron chi connectivity index (χ0n) is 3.81. The molecule has 0 unspecified atom stereocenters. The lowest BCUT2D eigenvalue weighted by atomic mass is 10.9. The van der Waals surface area contributed by atoms with E-state index in [0.29, 0.717) is 6.61 Å². The second kappa shape index (κ2) is 6.24. The Labute approximate surface area is 57.6 Å². The minimum absolute atomic E-state index is 0. The van der Waals surface area contributed by atoms with E-state index in [9.17, 15) is 4.79 Å². The predicted octanol–water partition coefficient (Wildman–Crippen LogP) is 1.96. The van der Waals surface area contributed by atoms with Gasteiger partial charge in [0.05, 0.1) is 6.61 Å². The summed E-state index contributed by atoms with van der Waals surface area (Å²) >= 11 is 4.72. The highest BCUT2D eigenvalue weighted by Gasteiger charge is 1.85. The third kappa shape index (κ3) is 10.7. The quantitative estimate of drug-likeness (QED) is 0.590. The summed E-state index contributed by atoms with van der Waals surface area (Å²) in [5.41, 5.74) is -0.738. The van der Waals surface area contributed by atoms with Gasteiger partial charge in [0.2, 0.25) is 0 Å². The van der Waals surface area contributed by atoms with Crippen molar-refractivity contribution in [1.29, 1.82) is 0 Å². The SMILES string of the molecule is Br.CCOC(=O)Cl. The molecule has 0 fully saturated rings. The Morgan fingerprint density at radius 3 is 2.29 bits per heavy atom. The van der Waals surface area contributed by atoms with Crippen molar-refractivity contribution in [2.75, 3.05) is 6.61 Å². The third-order valence-electron chi connectivity index (χ3n) is 0.258. The normalized spacial score (nSPS) is 6.57. The molecule has 0 amide bonds. The molecule has 7 heavy (non-hydrogen) atoms. The Morgan fingerprint density at radius 2 is 2.29 bits per heavy atom. The van der Waals surface area contributed by atoms with Crippen LogP contribution < -0.4 is 0 Å². The minimum Gasteiger partial charge on any atom is -0.454 e. The Bertz CT molecular complexity index is 56.9. The monoisotopic (exact) mass is 188 g/mol. The first kappa shape index (κ1) is 10.3. The van der Waals surface area contributed by atoms with Gasteiger partial charge >= 0.3 is 5.43 Å². The van der Waals surface area contributed by atoms with Crippen LogP contribution in [0.15, 0.2) is 0 Å². The standard InChI is InChI=1S/C3H5ClO2.BrH/c1-2-6-3(4)5;/h2H2,1H3;1H. The minimum atomic E-state index is -0.738. The van der Waals surface area contributed by atoms with Crippen molar-refractivity contribution in [2.45, 2.75) is 6.92 Å². The molecule has 2 nitrogen and oxygen atoms in total. The average Bonchev–Trinajstić information content (AvgIpc) is 1.35. The first-order chi connectivity index (χ1) is 2.77. The van der Waals surface area contributed by atoms with Gasteiger partial charge in [0.25, 0.3) is 0 Å². The second-order valence-corrected chi connectivity index (χ2v) is 0.979. The van der Waals surface area contributed by atoms with Gasteiger partial charge in [-0.05, 0) is 6.92 Å². The maximum atomic E-state index is 9.59. The number of carbonyl (C=O) groups excluding carboxylic acids is 1. The van der Waals surface area contributed by atoms with Gasteiger partial charge in [-0.25, -0.2) is 4.79 Å². The smallest absolute Gasteiger partial charge is 0.403 e. The summed E-state index contributed by atoms with van der Waals surface area (Å²) < 4.78 is 4.17. The van der Waals surface area contributed by atoms with Crippen LogP contribution in [0.2, 0.25) is 0 Å². The van der Waals surface area contributed by atoms with E-state index in [1.165, 1.54) is 0 Å². The molecule has 0 rings (SSSR count). The van der Waals surface area contributed by atoms with Crippen molar-refractivity contribution < 1.29 is 9.53 Å². The summed E-state index contributed by atoms with van der Waals surface area (Å²) in [5.74, 6) is 0. The van der Waals surface area contributed by atoms with Crippen molar-refractivity contribution in [3.8, 4) is 0 Å². The van der Waals surface area contributed by atoms with Gasteiger partial charge in [-0.3, -0.25) is 0 Å². The highest BCUT2D eigenvalue weighted by molar-refractivity contribution is 8.93. The fourth-order valence-corrected chi connectivity index (χ4v) is 0.223. The van der Waals surface area contributed by atoms with Gasteiger partial charge in [0.15, 0.2) is 0 Å². The van der Waals surface area contributed by atoms with Crippen LogP contribution in [0.25, 0.3) is 0 Å². The fourth-order valence-electron chi connectivity index (χ4n) is 0.113.